The quantitative estimate of drug-likeness (QED) is 0.724. The monoisotopic (exact) mass is 212 g/mol. The van der Waals surface area contributed by atoms with E-state index in [4.69, 9.17) is 0 Å². The molecule has 16 heavy (non-hydrogen) atoms. The van der Waals surface area contributed by atoms with Gasteiger partial charge in [-0.1, -0.05) is 36.4 Å². The molecule has 2 amide bonds. The number of benzene rings is 2. The van der Waals surface area contributed by atoms with E-state index in [1.165, 1.54) is 0 Å². The Hall–Kier alpha value is -2.03. The van der Waals surface area contributed by atoms with Crippen LogP contribution < -0.4 is 5.32 Å². The fourth-order valence-corrected chi connectivity index (χ4v) is 1.78. The van der Waals surface area contributed by atoms with Crippen LogP contribution in [0.1, 0.15) is 0 Å². The number of anilines is 1. The van der Waals surface area contributed by atoms with E-state index < -0.39 is 0 Å². The zero-order chi connectivity index (χ0) is 11.0. The molecule has 1 aliphatic rings. The van der Waals surface area contributed by atoms with E-state index in [-0.39, 0.29) is 6.03 Å². The van der Waals surface area contributed by atoms with E-state index in [0.29, 0.717) is 0 Å². The average molecular weight is 212 g/mol. The lowest BCUT2D eigenvalue weighted by Gasteiger charge is -2.08. The van der Waals surface area contributed by atoms with Gasteiger partial charge in [-0.3, -0.25) is 0 Å². The number of amides is 2. The molecule has 0 atom stereocenters. The van der Waals surface area contributed by atoms with Crippen molar-refractivity contribution in [3.63, 3.8) is 0 Å². The predicted molar refractivity (Wildman–Crippen MR) is 64.5 cm³/mol. The zero-order valence-corrected chi connectivity index (χ0v) is 8.81. The summed E-state index contributed by atoms with van der Waals surface area (Å²) in [5, 5.41) is 5.16. The largest absolute Gasteiger partial charge is 0.321 e. The third-order valence-electron chi connectivity index (χ3n) is 2.77. The van der Waals surface area contributed by atoms with Crippen molar-refractivity contribution >= 4 is 22.5 Å². The van der Waals surface area contributed by atoms with Gasteiger partial charge in [0.25, 0.3) is 0 Å². The van der Waals surface area contributed by atoms with Crippen molar-refractivity contribution in [3.8, 4) is 0 Å². The van der Waals surface area contributed by atoms with Gasteiger partial charge in [-0.25, -0.2) is 4.79 Å². The molecule has 0 aliphatic carbocycles. The minimum Gasteiger partial charge on any atom is -0.321 e. The molecule has 1 N–H and O–H groups in total. The maximum atomic E-state index is 11.6. The predicted octanol–water partition coefficient (Wildman–Crippen LogP) is 2.69. The fourth-order valence-electron chi connectivity index (χ4n) is 1.78. The minimum absolute atomic E-state index is 0.00338. The highest BCUT2D eigenvalue weighted by molar-refractivity contribution is 6.01. The molecule has 0 bridgehead atoms. The molecule has 0 saturated carbocycles. The first-order chi connectivity index (χ1) is 7.84. The Morgan fingerprint density at radius 1 is 1.06 bits per heavy atom. The van der Waals surface area contributed by atoms with Crippen LogP contribution >= 0.6 is 0 Å². The number of rotatable bonds is 1. The highest BCUT2D eigenvalue weighted by Crippen LogP contribution is 2.23. The summed E-state index contributed by atoms with van der Waals surface area (Å²) in [4.78, 5) is 13.4. The molecule has 3 nitrogen and oxygen atoms in total. The third-order valence-corrected chi connectivity index (χ3v) is 2.77. The number of carbonyl (C=O) groups is 1. The van der Waals surface area contributed by atoms with Crippen LogP contribution in [0.3, 0.4) is 0 Å². The van der Waals surface area contributed by atoms with Crippen LogP contribution in [0.2, 0.25) is 0 Å². The summed E-state index contributed by atoms with van der Waals surface area (Å²) >= 11 is 0. The van der Waals surface area contributed by atoms with E-state index in [1.807, 2.05) is 42.5 Å². The van der Waals surface area contributed by atoms with Crippen molar-refractivity contribution in [2.45, 2.75) is 0 Å². The smallest absolute Gasteiger partial charge is 0.321 e. The lowest BCUT2D eigenvalue weighted by Crippen LogP contribution is -2.18. The summed E-state index contributed by atoms with van der Waals surface area (Å²) in [6, 6.07) is 14.0. The molecule has 0 spiro atoms. The van der Waals surface area contributed by atoms with E-state index >= 15 is 0 Å². The maximum absolute atomic E-state index is 11.6. The number of hydrogen-bond acceptors (Lipinski definition) is 1. The van der Waals surface area contributed by atoms with Crippen LogP contribution in [0.4, 0.5) is 10.5 Å². The molecule has 1 heterocycles. The Kier molecular flexibility index (Phi) is 2.03. The van der Waals surface area contributed by atoms with Crippen molar-refractivity contribution in [3.05, 3.63) is 42.5 Å². The first-order valence-corrected chi connectivity index (χ1v) is 5.38. The molecular formula is C13H12N2O. The highest BCUT2D eigenvalue weighted by atomic mass is 16.2. The second kappa shape index (κ2) is 3.52. The first kappa shape index (κ1) is 9.21. The van der Waals surface area contributed by atoms with Gasteiger partial charge in [0.1, 0.15) is 0 Å². The lowest BCUT2D eigenvalue weighted by molar-refractivity contribution is 0.242. The Morgan fingerprint density at radius 3 is 2.62 bits per heavy atom. The van der Waals surface area contributed by atoms with Gasteiger partial charge in [0.2, 0.25) is 0 Å². The van der Waals surface area contributed by atoms with E-state index in [1.54, 1.807) is 4.90 Å². The molecule has 0 unspecified atom stereocenters. The lowest BCUT2D eigenvalue weighted by atomic mass is 10.1. The molecule has 1 fully saturated rings. The Balaban J connectivity index is 1.99. The summed E-state index contributed by atoms with van der Waals surface area (Å²) in [5.74, 6) is 0. The standard InChI is InChI=1S/C13H12N2O/c16-13(15-8-9-15)14-12-7-3-5-10-4-1-2-6-11(10)12/h1-7H,8-9H2,(H,14,16). The summed E-state index contributed by atoms with van der Waals surface area (Å²) in [6.45, 7) is 1.74. The Morgan fingerprint density at radius 2 is 1.81 bits per heavy atom. The molecular weight excluding hydrogens is 200 g/mol. The van der Waals surface area contributed by atoms with Gasteiger partial charge in [-0.2, -0.15) is 0 Å². The molecule has 80 valence electrons. The van der Waals surface area contributed by atoms with Crippen LogP contribution in [0.15, 0.2) is 42.5 Å². The summed E-state index contributed by atoms with van der Waals surface area (Å²) in [7, 11) is 0. The van der Waals surface area contributed by atoms with Gasteiger partial charge in [0, 0.05) is 18.5 Å². The van der Waals surface area contributed by atoms with Crippen molar-refractivity contribution in [1.82, 2.24) is 4.90 Å². The number of nitrogens with zero attached hydrogens (tertiary/aromatic N) is 1. The molecule has 1 saturated heterocycles. The highest BCUT2D eigenvalue weighted by Gasteiger charge is 2.24. The van der Waals surface area contributed by atoms with Crippen molar-refractivity contribution in [2.75, 3.05) is 18.4 Å². The minimum atomic E-state index is -0.00338. The van der Waals surface area contributed by atoms with Gasteiger partial charge in [0.15, 0.2) is 0 Å². The molecule has 3 heteroatoms. The third kappa shape index (κ3) is 1.60. The van der Waals surface area contributed by atoms with Gasteiger partial charge >= 0.3 is 6.03 Å². The van der Waals surface area contributed by atoms with Crippen LogP contribution in [-0.2, 0) is 0 Å². The van der Waals surface area contributed by atoms with Crippen LogP contribution in [0.5, 0.6) is 0 Å². The summed E-state index contributed by atoms with van der Waals surface area (Å²) < 4.78 is 0. The molecule has 2 aromatic carbocycles. The van der Waals surface area contributed by atoms with Gasteiger partial charge in [0.05, 0.1) is 5.69 Å². The molecule has 0 radical (unpaired) electrons. The number of nitrogens with one attached hydrogen (secondary N) is 1. The van der Waals surface area contributed by atoms with Crippen LogP contribution in [0, 0.1) is 0 Å². The number of hydrogen-bond donors (Lipinski definition) is 1. The summed E-state index contributed by atoms with van der Waals surface area (Å²) in [5.41, 5.74) is 0.884. The maximum Gasteiger partial charge on any atom is 0.321 e. The average Bonchev–Trinajstić information content (AvgIpc) is 3.13. The van der Waals surface area contributed by atoms with E-state index in [0.717, 1.165) is 29.5 Å². The topological polar surface area (TPSA) is 32.1 Å². The summed E-state index contributed by atoms with van der Waals surface area (Å²) in [6.07, 6.45) is 0. The van der Waals surface area contributed by atoms with E-state index in [9.17, 15) is 4.79 Å². The number of carbonyl (C=O) groups excluding carboxylic acids is 1. The number of urea groups is 1. The molecule has 1 aliphatic heterocycles. The van der Waals surface area contributed by atoms with Crippen molar-refractivity contribution in [1.29, 1.82) is 0 Å². The molecule has 3 rings (SSSR count). The van der Waals surface area contributed by atoms with E-state index in [2.05, 4.69) is 5.32 Å². The zero-order valence-electron chi connectivity index (χ0n) is 8.81. The number of fused-ring (bicyclic) bond motifs is 1. The second-order valence-electron chi connectivity index (χ2n) is 3.94. The van der Waals surface area contributed by atoms with Crippen LogP contribution in [-0.4, -0.2) is 24.0 Å². The Bertz CT molecular complexity index is 541. The van der Waals surface area contributed by atoms with Gasteiger partial charge in [-0.05, 0) is 11.5 Å². The second-order valence-corrected chi connectivity index (χ2v) is 3.94. The Labute approximate surface area is 93.7 Å². The normalized spacial score (nSPS) is 13.9. The van der Waals surface area contributed by atoms with Gasteiger partial charge in [-0.15, -0.1) is 0 Å². The fraction of sp³-hybridized carbons (Fsp3) is 0.154. The van der Waals surface area contributed by atoms with Crippen molar-refractivity contribution < 1.29 is 4.79 Å². The first-order valence-electron chi connectivity index (χ1n) is 5.38. The molecule has 0 aromatic heterocycles. The van der Waals surface area contributed by atoms with Crippen molar-refractivity contribution in [2.24, 2.45) is 0 Å². The SMILES string of the molecule is O=C(Nc1cccc2ccccc12)N1CC1. The molecule has 2 aromatic rings. The van der Waals surface area contributed by atoms with Gasteiger partial charge < -0.3 is 10.2 Å². The van der Waals surface area contributed by atoms with Crippen LogP contribution in [0.25, 0.3) is 10.8 Å².